The van der Waals surface area contributed by atoms with E-state index < -0.39 is 0 Å². The molecule has 0 saturated carbocycles. The molecule has 1 aromatic rings. The minimum atomic E-state index is -0.144. The van der Waals surface area contributed by atoms with Gasteiger partial charge in [0.05, 0.1) is 0 Å². The van der Waals surface area contributed by atoms with E-state index in [1.807, 2.05) is 12.1 Å². The Morgan fingerprint density at radius 3 is 2.45 bits per heavy atom. The van der Waals surface area contributed by atoms with E-state index >= 15 is 0 Å². The van der Waals surface area contributed by atoms with E-state index in [9.17, 15) is 4.39 Å². The Hall–Kier alpha value is -0.970. The maximum Gasteiger partial charge on any atom is 0.123 e. The summed E-state index contributed by atoms with van der Waals surface area (Å²) in [7, 11) is 0. The number of nitrogens with zero attached hydrogens (tertiary/aromatic N) is 1. The first-order valence-electron chi connectivity index (χ1n) is 7.62. The molecule has 2 saturated heterocycles. The predicted molar refractivity (Wildman–Crippen MR) is 78.9 cm³/mol. The number of nitrogens with one attached hydrogen (secondary N) is 2. The first-order valence-corrected chi connectivity index (χ1v) is 7.62. The van der Waals surface area contributed by atoms with Gasteiger partial charge in [0.1, 0.15) is 5.82 Å². The monoisotopic (exact) mass is 277 g/mol. The zero-order valence-electron chi connectivity index (χ0n) is 12.3. The summed E-state index contributed by atoms with van der Waals surface area (Å²) in [5.74, 6) is 1.07. The summed E-state index contributed by atoms with van der Waals surface area (Å²) in [5, 5.41) is 0. The van der Waals surface area contributed by atoms with Crippen LogP contribution in [0.1, 0.15) is 31.7 Å². The Morgan fingerprint density at radius 2 is 1.80 bits per heavy atom. The lowest BCUT2D eigenvalue weighted by molar-refractivity contribution is 0.254. The molecule has 0 amide bonds. The second kappa shape index (κ2) is 5.80. The Bertz CT molecular complexity index is 438. The summed E-state index contributed by atoms with van der Waals surface area (Å²) >= 11 is 0. The summed E-state index contributed by atoms with van der Waals surface area (Å²) in [5.41, 5.74) is 7.92. The number of hydrazine groups is 1. The fourth-order valence-electron chi connectivity index (χ4n) is 3.53. The molecule has 2 aliphatic heterocycles. The van der Waals surface area contributed by atoms with Crippen molar-refractivity contribution in [1.29, 1.82) is 0 Å². The molecule has 0 radical (unpaired) electrons. The van der Waals surface area contributed by atoms with Crippen LogP contribution in [0, 0.1) is 11.7 Å². The molecule has 0 aromatic heterocycles. The van der Waals surface area contributed by atoms with Crippen molar-refractivity contribution in [3.05, 3.63) is 35.6 Å². The number of benzene rings is 1. The largest absolute Gasteiger partial charge is 0.302 e. The Morgan fingerprint density at radius 1 is 1.15 bits per heavy atom. The van der Waals surface area contributed by atoms with E-state index in [0.29, 0.717) is 23.9 Å². The number of likely N-dealkylation sites (tertiary alicyclic amines) is 1. The van der Waals surface area contributed by atoms with Crippen LogP contribution in [-0.2, 0) is 0 Å². The van der Waals surface area contributed by atoms with Crippen LogP contribution in [0.15, 0.2) is 24.3 Å². The van der Waals surface area contributed by atoms with Crippen LogP contribution in [0.3, 0.4) is 0 Å². The molecule has 3 atom stereocenters. The molecule has 4 heteroatoms. The summed E-state index contributed by atoms with van der Waals surface area (Å²) in [4.78, 5) is 2.56. The topological polar surface area (TPSA) is 27.3 Å². The molecule has 2 aliphatic rings. The highest BCUT2D eigenvalue weighted by atomic mass is 19.1. The van der Waals surface area contributed by atoms with Gasteiger partial charge in [0.25, 0.3) is 0 Å². The molecule has 110 valence electrons. The van der Waals surface area contributed by atoms with E-state index in [0.717, 1.165) is 19.6 Å². The maximum absolute atomic E-state index is 13.0. The lowest BCUT2D eigenvalue weighted by Crippen LogP contribution is -2.36. The van der Waals surface area contributed by atoms with Crippen molar-refractivity contribution in [3.63, 3.8) is 0 Å². The van der Waals surface area contributed by atoms with Crippen molar-refractivity contribution >= 4 is 0 Å². The first kappa shape index (κ1) is 14.0. The molecule has 0 aliphatic carbocycles. The molecule has 3 rings (SSSR count). The fourth-order valence-corrected chi connectivity index (χ4v) is 3.53. The zero-order chi connectivity index (χ0) is 14.1. The molecule has 0 spiro atoms. The number of rotatable bonds is 3. The lowest BCUT2D eigenvalue weighted by atomic mass is 9.96. The third kappa shape index (κ3) is 2.87. The Labute approximate surface area is 120 Å². The van der Waals surface area contributed by atoms with Gasteiger partial charge < -0.3 is 4.90 Å². The van der Waals surface area contributed by atoms with Crippen LogP contribution in [0.25, 0.3) is 0 Å². The fraction of sp³-hybridized carbons (Fsp3) is 0.625. The van der Waals surface area contributed by atoms with E-state index in [2.05, 4.69) is 29.6 Å². The number of hydrogen-bond acceptors (Lipinski definition) is 3. The van der Waals surface area contributed by atoms with Crippen molar-refractivity contribution in [1.82, 2.24) is 15.8 Å². The second-order valence-corrected chi connectivity index (χ2v) is 6.33. The molecule has 3 unspecified atom stereocenters. The normalized spacial score (nSPS) is 34.8. The standard InChI is InChI=1S/C16H24FN3/c1-11-16(12(2)19-18-11)10-20-8-7-14(9-20)13-3-5-15(17)6-4-13/h3-6,11-12,14,16,18-19H,7-10H2,1-2H3. The van der Waals surface area contributed by atoms with Gasteiger partial charge in [0.2, 0.25) is 0 Å². The minimum absolute atomic E-state index is 0.144. The molecule has 2 fully saturated rings. The van der Waals surface area contributed by atoms with Gasteiger partial charge in [-0.2, -0.15) is 0 Å². The molecule has 3 nitrogen and oxygen atoms in total. The smallest absolute Gasteiger partial charge is 0.123 e. The van der Waals surface area contributed by atoms with Crippen molar-refractivity contribution in [2.24, 2.45) is 5.92 Å². The average Bonchev–Trinajstić information content (AvgIpc) is 3.02. The van der Waals surface area contributed by atoms with Crippen LogP contribution in [0.2, 0.25) is 0 Å². The third-order valence-electron chi connectivity index (χ3n) is 4.91. The van der Waals surface area contributed by atoms with Gasteiger partial charge >= 0.3 is 0 Å². The van der Waals surface area contributed by atoms with Crippen LogP contribution in [0.4, 0.5) is 4.39 Å². The van der Waals surface area contributed by atoms with Crippen LogP contribution in [0.5, 0.6) is 0 Å². The van der Waals surface area contributed by atoms with Crippen LogP contribution < -0.4 is 10.9 Å². The van der Waals surface area contributed by atoms with E-state index in [1.54, 1.807) is 12.1 Å². The molecular formula is C16H24FN3. The van der Waals surface area contributed by atoms with Crippen molar-refractivity contribution in [2.45, 2.75) is 38.3 Å². The minimum Gasteiger partial charge on any atom is -0.302 e. The van der Waals surface area contributed by atoms with E-state index in [1.165, 1.54) is 12.0 Å². The van der Waals surface area contributed by atoms with Gasteiger partial charge in [-0.1, -0.05) is 12.1 Å². The van der Waals surface area contributed by atoms with Crippen molar-refractivity contribution < 1.29 is 4.39 Å². The van der Waals surface area contributed by atoms with Crippen molar-refractivity contribution in [3.8, 4) is 0 Å². The maximum atomic E-state index is 13.0. The quantitative estimate of drug-likeness (QED) is 0.886. The van der Waals surface area contributed by atoms with Gasteiger partial charge in [0.15, 0.2) is 0 Å². The zero-order valence-corrected chi connectivity index (χ0v) is 12.3. The third-order valence-corrected chi connectivity index (χ3v) is 4.91. The first-order chi connectivity index (χ1) is 9.63. The van der Waals surface area contributed by atoms with Gasteiger partial charge in [-0.15, -0.1) is 0 Å². The molecule has 0 bridgehead atoms. The molecular weight excluding hydrogens is 253 g/mol. The average molecular weight is 277 g/mol. The molecule has 20 heavy (non-hydrogen) atoms. The second-order valence-electron chi connectivity index (χ2n) is 6.33. The van der Waals surface area contributed by atoms with Gasteiger partial charge in [-0.05, 0) is 50.4 Å². The summed E-state index contributed by atoms with van der Waals surface area (Å²) < 4.78 is 13.0. The summed E-state index contributed by atoms with van der Waals surface area (Å²) in [6.07, 6.45) is 1.18. The molecule has 1 aromatic carbocycles. The summed E-state index contributed by atoms with van der Waals surface area (Å²) in [6.45, 7) is 7.88. The highest BCUT2D eigenvalue weighted by Gasteiger charge is 2.33. The van der Waals surface area contributed by atoms with Crippen molar-refractivity contribution in [2.75, 3.05) is 19.6 Å². The Balaban J connectivity index is 1.58. The molecule has 2 N–H and O–H groups in total. The van der Waals surface area contributed by atoms with Crippen LogP contribution >= 0.6 is 0 Å². The Kier molecular flexibility index (Phi) is 4.06. The lowest BCUT2D eigenvalue weighted by Gasteiger charge is -2.25. The van der Waals surface area contributed by atoms with Crippen LogP contribution in [-0.4, -0.2) is 36.6 Å². The number of hydrogen-bond donors (Lipinski definition) is 2. The highest BCUT2D eigenvalue weighted by molar-refractivity contribution is 5.22. The van der Waals surface area contributed by atoms with Gasteiger partial charge in [-0.3, -0.25) is 10.9 Å². The van der Waals surface area contributed by atoms with Gasteiger partial charge in [-0.25, -0.2) is 4.39 Å². The highest BCUT2D eigenvalue weighted by Crippen LogP contribution is 2.29. The SMILES string of the molecule is CC1NNC(C)C1CN1CCC(c2ccc(F)cc2)C1. The predicted octanol–water partition coefficient (Wildman–Crippen LogP) is 2.12. The summed E-state index contributed by atoms with van der Waals surface area (Å²) in [6, 6.07) is 8.07. The number of halogens is 1. The van der Waals surface area contributed by atoms with Gasteiger partial charge in [0, 0.05) is 31.1 Å². The van der Waals surface area contributed by atoms with E-state index in [4.69, 9.17) is 0 Å². The van der Waals surface area contributed by atoms with E-state index in [-0.39, 0.29) is 5.82 Å². The molecule has 2 heterocycles.